The Hall–Kier alpha value is -2.28. The fraction of sp³-hybridized carbons (Fsp3) is 0.778. The minimum Gasteiger partial charge on any atom is -0.481 e. The van der Waals surface area contributed by atoms with Gasteiger partial charge in [-0.15, -0.1) is 0 Å². The van der Waals surface area contributed by atoms with E-state index in [2.05, 4.69) is 10.6 Å². The van der Waals surface area contributed by atoms with Crippen LogP contribution in [0.2, 0.25) is 0 Å². The third-order valence-electron chi connectivity index (χ3n) is 5.00. The molecule has 0 aromatic rings. The molecular formula is C18H33N5O7. The van der Waals surface area contributed by atoms with Gasteiger partial charge in [0, 0.05) is 12.6 Å². The quantitative estimate of drug-likeness (QED) is 0.143. The van der Waals surface area contributed by atoms with Crippen molar-refractivity contribution in [3.05, 3.63) is 0 Å². The Kier molecular flexibility index (Phi) is 11.3. The van der Waals surface area contributed by atoms with E-state index in [4.69, 9.17) is 21.7 Å². The fourth-order valence-corrected chi connectivity index (χ4v) is 3.40. The van der Waals surface area contributed by atoms with Crippen LogP contribution >= 0.6 is 0 Å². The summed E-state index contributed by atoms with van der Waals surface area (Å²) in [5.41, 5.74) is 10.9. The lowest BCUT2D eigenvalue weighted by molar-refractivity contribution is -0.143. The molecule has 1 aliphatic heterocycles. The molecule has 1 aliphatic rings. The van der Waals surface area contributed by atoms with Gasteiger partial charge >= 0.3 is 11.9 Å². The molecule has 0 aliphatic carbocycles. The Morgan fingerprint density at radius 3 is 2.37 bits per heavy atom. The van der Waals surface area contributed by atoms with Crippen LogP contribution in [0, 0.1) is 0 Å². The highest BCUT2D eigenvalue weighted by molar-refractivity contribution is 5.92. The standard InChI is InChI=1S/C18H33N5O7/c19-6-2-1-4-11(9-23-7-3-5-14(23)18(29)30)21-17(28)13(8-15(25)26)22-16(27)12(20)10-24/h11-14,24H,1-10,19-20H2,(H,21,28)(H,22,27)(H,25,26)(H,29,30)/t11-,12-,13-,14-/m0/s1. The van der Waals surface area contributed by atoms with Crippen molar-refractivity contribution in [2.75, 3.05) is 26.2 Å². The second-order valence-corrected chi connectivity index (χ2v) is 7.43. The van der Waals surface area contributed by atoms with Gasteiger partial charge in [0.05, 0.1) is 13.0 Å². The summed E-state index contributed by atoms with van der Waals surface area (Å²) in [4.78, 5) is 49.0. The third kappa shape index (κ3) is 8.61. The first-order chi connectivity index (χ1) is 14.2. The lowest BCUT2D eigenvalue weighted by atomic mass is 10.1. The number of carbonyl (C=O) groups excluding carboxylic acids is 2. The van der Waals surface area contributed by atoms with Gasteiger partial charge in [-0.1, -0.05) is 6.42 Å². The van der Waals surface area contributed by atoms with Crippen LogP contribution in [-0.2, 0) is 19.2 Å². The molecule has 0 radical (unpaired) electrons. The van der Waals surface area contributed by atoms with Crippen LogP contribution in [0.15, 0.2) is 0 Å². The Morgan fingerprint density at radius 1 is 1.10 bits per heavy atom. The van der Waals surface area contributed by atoms with Gasteiger partial charge in [-0.05, 0) is 38.8 Å². The SMILES string of the molecule is NCCCC[C@@H](CN1CCC[C@H]1C(=O)O)NC(=O)[C@H](CC(=O)O)NC(=O)[C@@H](N)CO. The van der Waals surface area contributed by atoms with Gasteiger partial charge in [0.1, 0.15) is 18.1 Å². The van der Waals surface area contributed by atoms with Gasteiger partial charge in [-0.2, -0.15) is 0 Å². The van der Waals surface area contributed by atoms with Gasteiger partial charge in [0.25, 0.3) is 0 Å². The largest absolute Gasteiger partial charge is 0.481 e. The van der Waals surface area contributed by atoms with Crippen LogP contribution in [-0.4, -0.2) is 94.4 Å². The smallest absolute Gasteiger partial charge is 0.320 e. The summed E-state index contributed by atoms with van der Waals surface area (Å²) >= 11 is 0. The average molecular weight is 431 g/mol. The number of amides is 2. The maximum Gasteiger partial charge on any atom is 0.320 e. The average Bonchev–Trinajstić information content (AvgIpc) is 3.14. The molecule has 0 aromatic carbocycles. The number of aliphatic hydroxyl groups excluding tert-OH is 1. The first-order valence-electron chi connectivity index (χ1n) is 10.1. The van der Waals surface area contributed by atoms with E-state index in [1.54, 1.807) is 4.90 Å². The molecule has 0 bridgehead atoms. The zero-order valence-corrected chi connectivity index (χ0v) is 17.0. The highest BCUT2D eigenvalue weighted by atomic mass is 16.4. The van der Waals surface area contributed by atoms with E-state index in [9.17, 15) is 24.3 Å². The number of aliphatic carboxylic acids is 2. The highest BCUT2D eigenvalue weighted by Crippen LogP contribution is 2.18. The van der Waals surface area contributed by atoms with Gasteiger partial charge < -0.3 is 37.4 Å². The number of nitrogens with two attached hydrogens (primary N) is 2. The Labute approximate surface area is 175 Å². The number of aliphatic hydroxyl groups is 1. The van der Waals surface area contributed by atoms with Crippen LogP contribution in [0.3, 0.4) is 0 Å². The molecule has 1 rings (SSSR count). The van der Waals surface area contributed by atoms with Crippen LogP contribution in [0.5, 0.6) is 0 Å². The lowest BCUT2D eigenvalue weighted by Crippen LogP contribution is -2.56. The number of carbonyl (C=O) groups is 4. The maximum absolute atomic E-state index is 12.7. The van der Waals surface area contributed by atoms with Crippen molar-refractivity contribution in [1.82, 2.24) is 15.5 Å². The van der Waals surface area contributed by atoms with Crippen molar-refractivity contribution in [2.24, 2.45) is 11.5 Å². The van der Waals surface area contributed by atoms with Crippen molar-refractivity contribution in [1.29, 1.82) is 0 Å². The van der Waals surface area contributed by atoms with E-state index < -0.39 is 60.9 Å². The molecule has 0 unspecified atom stereocenters. The van der Waals surface area contributed by atoms with Gasteiger partial charge in [-0.25, -0.2) is 0 Å². The predicted molar refractivity (Wildman–Crippen MR) is 106 cm³/mol. The van der Waals surface area contributed by atoms with E-state index in [-0.39, 0.29) is 6.54 Å². The van der Waals surface area contributed by atoms with Gasteiger partial charge in [0.15, 0.2) is 0 Å². The molecule has 12 heteroatoms. The minimum atomic E-state index is -1.38. The Balaban J connectivity index is 2.85. The molecule has 1 saturated heterocycles. The molecule has 12 nitrogen and oxygen atoms in total. The normalized spacial score (nSPS) is 19.6. The van der Waals surface area contributed by atoms with Crippen LogP contribution in [0.4, 0.5) is 0 Å². The number of carboxylic acid groups (broad SMARTS) is 2. The molecular weight excluding hydrogens is 398 g/mol. The van der Waals surface area contributed by atoms with E-state index in [1.165, 1.54) is 0 Å². The van der Waals surface area contributed by atoms with E-state index in [0.717, 1.165) is 12.8 Å². The summed E-state index contributed by atoms with van der Waals surface area (Å²) in [7, 11) is 0. The molecule has 30 heavy (non-hydrogen) atoms. The number of unbranched alkanes of at least 4 members (excludes halogenated alkanes) is 1. The molecule has 9 N–H and O–H groups in total. The number of nitrogens with one attached hydrogen (secondary N) is 2. The monoisotopic (exact) mass is 431 g/mol. The summed E-state index contributed by atoms with van der Waals surface area (Å²) in [5, 5.41) is 32.4. The number of rotatable bonds is 14. The van der Waals surface area contributed by atoms with E-state index in [0.29, 0.717) is 32.4 Å². The third-order valence-corrected chi connectivity index (χ3v) is 5.00. The van der Waals surface area contributed by atoms with Crippen molar-refractivity contribution >= 4 is 23.8 Å². The molecule has 0 saturated carbocycles. The fourth-order valence-electron chi connectivity index (χ4n) is 3.40. The van der Waals surface area contributed by atoms with Crippen LogP contribution in [0.1, 0.15) is 38.5 Å². The van der Waals surface area contributed by atoms with Gasteiger partial charge in [0.2, 0.25) is 11.8 Å². The lowest BCUT2D eigenvalue weighted by Gasteiger charge is -2.29. The first-order valence-corrected chi connectivity index (χ1v) is 10.1. The molecule has 0 aromatic heterocycles. The van der Waals surface area contributed by atoms with Crippen molar-refractivity contribution < 1.29 is 34.5 Å². The second-order valence-electron chi connectivity index (χ2n) is 7.43. The van der Waals surface area contributed by atoms with Crippen molar-refractivity contribution in [3.8, 4) is 0 Å². The number of hydrogen-bond donors (Lipinski definition) is 7. The molecule has 1 fully saturated rings. The molecule has 2 amide bonds. The summed E-state index contributed by atoms with van der Waals surface area (Å²) < 4.78 is 0. The van der Waals surface area contributed by atoms with Crippen molar-refractivity contribution in [3.63, 3.8) is 0 Å². The van der Waals surface area contributed by atoms with Crippen molar-refractivity contribution in [2.45, 2.75) is 62.7 Å². The summed E-state index contributed by atoms with van der Waals surface area (Å²) in [5.74, 6) is -3.77. The summed E-state index contributed by atoms with van der Waals surface area (Å²) in [6, 6.07) is -3.73. The maximum atomic E-state index is 12.7. The minimum absolute atomic E-state index is 0.289. The topological polar surface area (TPSA) is 208 Å². The molecule has 172 valence electrons. The zero-order chi connectivity index (χ0) is 22.7. The number of carboxylic acids is 2. The van der Waals surface area contributed by atoms with Crippen LogP contribution in [0.25, 0.3) is 0 Å². The number of hydrogen-bond acceptors (Lipinski definition) is 8. The number of likely N-dealkylation sites (tertiary alicyclic amines) is 1. The predicted octanol–water partition coefficient (Wildman–Crippen LogP) is -2.57. The highest BCUT2D eigenvalue weighted by Gasteiger charge is 2.33. The molecule has 1 heterocycles. The summed E-state index contributed by atoms with van der Waals surface area (Å²) in [6.45, 7) is 0.692. The second kappa shape index (κ2) is 13.1. The number of nitrogens with zero attached hydrogens (tertiary/aromatic N) is 1. The van der Waals surface area contributed by atoms with Gasteiger partial charge in [-0.3, -0.25) is 24.1 Å². The zero-order valence-electron chi connectivity index (χ0n) is 17.0. The Bertz CT molecular complexity index is 603. The van der Waals surface area contributed by atoms with Crippen LogP contribution < -0.4 is 22.1 Å². The first kappa shape index (κ1) is 25.8. The Morgan fingerprint density at radius 2 is 1.80 bits per heavy atom. The van der Waals surface area contributed by atoms with E-state index >= 15 is 0 Å². The van der Waals surface area contributed by atoms with E-state index in [1.807, 2.05) is 0 Å². The molecule has 0 spiro atoms. The molecule has 4 atom stereocenters. The summed E-state index contributed by atoms with van der Waals surface area (Å²) in [6.07, 6.45) is 2.53.